The van der Waals surface area contributed by atoms with E-state index >= 15 is 0 Å². The molecule has 32 heavy (non-hydrogen) atoms. The van der Waals surface area contributed by atoms with E-state index in [4.69, 9.17) is 4.42 Å². The molecule has 6 atom stereocenters. The minimum atomic E-state index is -3.12. The second-order valence-corrected chi connectivity index (χ2v) is 9.93. The van der Waals surface area contributed by atoms with E-state index in [1.807, 2.05) is 0 Å². The summed E-state index contributed by atoms with van der Waals surface area (Å²) in [5.74, 6) is -4.38. The highest BCUT2D eigenvalue weighted by atomic mass is 19.3. The Labute approximate surface area is 184 Å². The van der Waals surface area contributed by atoms with Gasteiger partial charge in [-0.2, -0.15) is 8.78 Å². The van der Waals surface area contributed by atoms with Crippen LogP contribution in [0.4, 0.5) is 13.2 Å². The van der Waals surface area contributed by atoms with Gasteiger partial charge in [-0.1, -0.05) is 0 Å². The molecule has 2 heterocycles. The molecule has 4 aliphatic rings. The molecule has 0 aromatic carbocycles. The first-order chi connectivity index (χ1) is 15.2. The Morgan fingerprint density at radius 2 is 1.91 bits per heavy atom. The van der Waals surface area contributed by atoms with Crippen molar-refractivity contribution in [3.05, 3.63) is 17.8 Å². The summed E-state index contributed by atoms with van der Waals surface area (Å²) in [6.07, 6.45) is 4.10. The van der Waals surface area contributed by atoms with Gasteiger partial charge in [0.05, 0.1) is 24.4 Å². The van der Waals surface area contributed by atoms with Gasteiger partial charge in [-0.25, -0.2) is 9.37 Å². The number of oxazole rings is 1. The highest BCUT2D eigenvalue weighted by molar-refractivity contribution is 5.89. The molecule has 1 aliphatic heterocycles. The van der Waals surface area contributed by atoms with E-state index in [9.17, 15) is 22.8 Å². The third-order valence-corrected chi connectivity index (χ3v) is 8.10. The average Bonchev–Trinajstić information content (AvgIpc) is 3.14. The van der Waals surface area contributed by atoms with Crippen molar-refractivity contribution < 1.29 is 27.2 Å². The molecule has 0 radical (unpaired) electrons. The number of amides is 2. The molecule has 2 bridgehead atoms. The van der Waals surface area contributed by atoms with Crippen molar-refractivity contribution in [2.75, 3.05) is 13.1 Å². The lowest BCUT2D eigenvalue weighted by Gasteiger charge is -2.33. The van der Waals surface area contributed by atoms with Gasteiger partial charge < -0.3 is 20.4 Å². The number of piperidine rings is 1. The van der Waals surface area contributed by atoms with Crippen LogP contribution < -0.4 is 16.0 Å². The molecule has 3 saturated carbocycles. The van der Waals surface area contributed by atoms with Crippen LogP contribution in [0.15, 0.2) is 10.7 Å². The summed E-state index contributed by atoms with van der Waals surface area (Å²) in [5.41, 5.74) is -0.438. The summed E-state index contributed by atoms with van der Waals surface area (Å²) in [6.45, 7) is 1.46. The summed E-state index contributed by atoms with van der Waals surface area (Å²) in [7, 11) is 0. The maximum atomic E-state index is 14.3. The lowest BCUT2D eigenvalue weighted by Crippen LogP contribution is -2.54. The predicted molar refractivity (Wildman–Crippen MR) is 107 cm³/mol. The zero-order chi connectivity index (χ0) is 22.7. The standard InChI is InChI=1S/C22H29F3N4O3/c1-21(24,25)15-10-32-16(29-15)9-27-19(30)17-11-2-3-12(22(11)5-6-22)18(17)20(31)28-14-4-7-26-8-13(14)23/h10-14,17-18,26H,2-9H2,1H3,(H,27,30)(H,28,31). The number of alkyl halides is 3. The third kappa shape index (κ3) is 3.60. The zero-order valence-corrected chi connectivity index (χ0v) is 18.0. The first-order valence-corrected chi connectivity index (χ1v) is 11.5. The van der Waals surface area contributed by atoms with Crippen molar-refractivity contribution in [3.63, 3.8) is 0 Å². The van der Waals surface area contributed by atoms with Crippen LogP contribution in [0.2, 0.25) is 0 Å². The molecular weight excluding hydrogens is 425 g/mol. The monoisotopic (exact) mass is 454 g/mol. The number of carbonyl (C=O) groups excluding carboxylic acids is 2. The van der Waals surface area contributed by atoms with Gasteiger partial charge in [-0.05, 0) is 55.9 Å². The molecule has 2 amide bonds. The summed E-state index contributed by atoms with van der Waals surface area (Å²) in [5, 5.41) is 8.62. The van der Waals surface area contributed by atoms with Gasteiger partial charge in [0.15, 0.2) is 0 Å². The van der Waals surface area contributed by atoms with Gasteiger partial charge in [0.1, 0.15) is 18.1 Å². The number of hydrogen-bond acceptors (Lipinski definition) is 5. The fourth-order valence-corrected chi connectivity index (χ4v) is 6.50. The topological polar surface area (TPSA) is 96.3 Å². The number of nitrogens with zero attached hydrogens (tertiary/aromatic N) is 1. The average molecular weight is 454 g/mol. The first kappa shape index (κ1) is 21.7. The van der Waals surface area contributed by atoms with Crippen molar-refractivity contribution in [2.45, 2.75) is 63.7 Å². The maximum Gasteiger partial charge on any atom is 0.290 e. The third-order valence-electron chi connectivity index (χ3n) is 8.10. The van der Waals surface area contributed by atoms with Crippen LogP contribution in [0, 0.1) is 29.1 Å². The highest BCUT2D eigenvalue weighted by Gasteiger charge is 2.71. The Kier molecular flexibility index (Phi) is 5.26. The van der Waals surface area contributed by atoms with Crippen molar-refractivity contribution in [1.82, 2.24) is 20.9 Å². The number of hydrogen-bond donors (Lipinski definition) is 3. The lowest BCUT2D eigenvalue weighted by molar-refractivity contribution is -0.138. The van der Waals surface area contributed by atoms with E-state index in [-0.39, 0.29) is 48.0 Å². The number of nitrogens with one attached hydrogen (secondary N) is 3. The Hall–Kier alpha value is -2.10. The van der Waals surface area contributed by atoms with E-state index in [1.165, 1.54) is 0 Å². The second-order valence-electron chi connectivity index (χ2n) is 9.93. The van der Waals surface area contributed by atoms with Gasteiger partial charge in [0.2, 0.25) is 17.7 Å². The van der Waals surface area contributed by atoms with Crippen LogP contribution in [0.3, 0.4) is 0 Å². The van der Waals surface area contributed by atoms with Crippen LogP contribution in [0.1, 0.15) is 50.6 Å². The lowest BCUT2D eigenvalue weighted by atomic mass is 9.78. The second kappa shape index (κ2) is 7.74. The highest BCUT2D eigenvalue weighted by Crippen LogP contribution is 2.74. The predicted octanol–water partition coefficient (Wildman–Crippen LogP) is 2.27. The van der Waals surface area contributed by atoms with Crippen LogP contribution in [-0.2, 0) is 22.1 Å². The zero-order valence-electron chi connectivity index (χ0n) is 18.0. The Balaban J connectivity index is 1.29. The van der Waals surface area contributed by atoms with E-state index < -0.39 is 35.7 Å². The molecule has 3 N–H and O–H groups in total. The van der Waals surface area contributed by atoms with E-state index in [2.05, 4.69) is 20.9 Å². The summed E-state index contributed by atoms with van der Waals surface area (Å²) >= 11 is 0. The van der Waals surface area contributed by atoms with Gasteiger partial charge in [-0.15, -0.1) is 0 Å². The van der Waals surface area contributed by atoms with Crippen molar-refractivity contribution >= 4 is 11.8 Å². The van der Waals surface area contributed by atoms with Gasteiger partial charge in [0.25, 0.3) is 5.92 Å². The quantitative estimate of drug-likeness (QED) is 0.613. The smallest absolute Gasteiger partial charge is 0.290 e. The molecule has 1 aromatic rings. The van der Waals surface area contributed by atoms with Gasteiger partial charge in [0, 0.05) is 13.5 Å². The first-order valence-electron chi connectivity index (χ1n) is 11.5. The molecular formula is C22H29F3N4O3. The maximum absolute atomic E-state index is 14.3. The molecule has 3 aliphatic carbocycles. The molecule has 1 aromatic heterocycles. The molecule has 7 nitrogen and oxygen atoms in total. The fourth-order valence-electron chi connectivity index (χ4n) is 6.50. The Bertz CT molecular complexity index is 897. The largest absolute Gasteiger partial charge is 0.447 e. The normalized spacial score (nSPS) is 35.1. The fraction of sp³-hybridized carbons (Fsp3) is 0.773. The molecule has 1 spiro atoms. The molecule has 6 unspecified atom stereocenters. The number of aromatic nitrogens is 1. The molecule has 1 saturated heterocycles. The van der Waals surface area contributed by atoms with Gasteiger partial charge >= 0.3 is 0 Å². The van der Waals surface area contributed by atoms with Crippen LogP contribution in [0.5, 0.6) is 0 Å². The van der Waals surface area contributed by atoms with Crippen LogP contribution >= 0.6 is 0 Å². The SMILES string of the molecule is CC(F)(F)c1coc(CNC(=O)C2C(C(=O)NC3CCNCC3F)C3CCC2C32CC2)n1. The minimum Gasteiger partial charge on any atom is -0.447 e. The van der Waals surface area contributed by atoms with Crippen LogP contribution in [-0.4, -0.2) is 42.1 Å². The minimum absolute atomic E-state index is 0.00450. The molecule has 176 valence electrons. The Morgan fingerprint density at radius 3 is 2.50 bits per heavy atom. The molecule has 10 heteroatoms. The molecule has 5 rings (SSSR count). The van der Waals surface area contributed by atoms with E-state index in [0.717, 1.165) is 38.9 Å². The molecule has 4 fully saturated rings. The van der Waals surface area contributed by atoms with Crippen LogP contribution in [0.25, 0.3) is 0 Å². The van der Waals surface area contributed by atoms with E-state index in [0.29, 0.717) is 13.0 Å². The number of carbonyl (C=O) groups is 2. The van der Waals surface area contributed by atoms with Crippen molar-refractivity contribution in [2.24, 2.45) is 29.1 Å². The number of rotatable bonds is 6. The van der Waals surface area contributed by atoms with Gasteiger partial charge in [-0.3, -0.25) is 9.59 Å². The van der Waals surface area contributed by atoms with Crippen molar-refractivity contribution in [3.8, 4) is 0 Å². The summed E-state index contributed by atoms with van der Waals surface area (Å²) < 4.78 is 46.1. The van der Waals surface area contributed by atoms with Crippen molar-refractivity contribution in [1.29, 1.82) is 0 Å². The number of halogens is 3. The van der Waals surface area contributed by atoms with E-state index in [1.54, 1.807) is 0 Å². The Morgan fingerprint density at radius 1 is 1.22 bits per heavy atom. The summed E-state index contributed by atoms with van der Waals surface area (Å²) in [6, 6.07) is -0.539. The summed E-state index contributed by atoms with van der Waals surface area (Å²) in [4.78, 5) is 30.2.